The van der Waals surface area contributed by atoms with Crippen molar-refractivity contribution in [3.63, 3.8) is 0 Å². The molecule has 8 heteroatoms. The first kappa shape index (κ1) is 25.9. The molecule has 1 aromatic heterocycles. The number of benzene rings is 1. The molecule has 2 aromatic rings. The molecule has 3 N–H and O–H groups in total. The van der Waals surface area contributed by atoms with E-state index in [1.165, 1.54) is 5.56 Å². The van der Waals surface area contributed by atoms with E-state index in [9.17, 15) is 14.7 Å². The second kappa shape index (κ2) is 10.6. The van der Waals surface area contributed by atoms with Gasteiger partial charge in [0.2, 0.25) is 0 Å². The first-order valence-corrected chi connectivity index (χ1v) is 13.6. The van der Waals surface area contributed by atoms with Crippen LogP contribution in [-0.4, -0.2) is 55.0 Å². The summed E-state index contributed by atoms with van der Waals surface area (Å²) in [7, 11) is 0. The number of aryl methyl sites for hydroxylation is 1. The molecule has 2 aliphatic heterocycles. The summed E-state index contributed by atoms with van der Waals surface area (Å²) in [5.74, 6) is -0.239. The van der Waals surface area contributed by atoms with Crippen LogP contribution in [0.15, 0.2) is 16.9 Å². The van der Waals surface area contributed by atoms with Gasteiger partial charge in [-0.2, -0.15) is 0 Å². The minimum Gasteiger partial charge on any atom is -0.381 e. The van der Waals surface area contributed by atoms with Crippen molar-refractivity contribution < 1.29 is 19.4 Å². The van der Waals surface area contributed by atoms with Gasteiger partial charge < -0.3 is 29.8 Å². The average molecular weight is 510 g/mol. The van der Waals surface area contributed by atoms with E-state index in [1.807, 2.05) is 19.9 Å². The molecule has 0 spiro atoms. The summed E-state index contributed by atoms with van der Waals surface area (Å²) in [4.78, 5) is 31.8. The maximum Gasteiger partial charge on any atom is 0.253 e. The zero-order valence-electron chi connectivity index (χ0n) is 22.2. The number of rotatable bonds is 7. The number of fused-ring (bicyclic) bond motifs is 1. The lowest BCUT2D eigenvalue weighted by molar-refractivity contribution is -0.184. The number of aliphatic hydroxyl groups is 1. The van der Waals surface area contributed by atoms with Crippen molar-refractivity contribution >= 4 is 11.6 Å². The number of nitrogens with zero attached hydrogens (tertiary/aromatic N) is 1. The van der Waals surface area contributed by atoms with Crippen LogP contribution in [0.5, 0.6) is 0 Å². The maximum atomic E-state index is 13.6. The van der Waals surface area contributed by atoms with Crippen LogP contribution < -0.4 is 15.8 Å². The number of anilines is 1. The molecule has 5 rings (SSSR count). The molecule has 0 radical (unpaired) electrons. The first-order chi connectivity index (χ1) is 17.8. The highest BCUT2D eigenvalue weighted by Gasteiger charge is 2.39. The Morgan fingerprint density at radius 3 is 2.49 bits per heavy atom. The molecule has 2 fully saturated rings. The number of carbonyl (C=O) groups excluding carboxylic acids is 1. The predicted octanol–water partition coefficient (Wildman–Crippen LogP) is 3.02. The molecule has 200 valence electrons. The Labute approximate surface area is 218 Å². The number of hydrogen-bond acceptors (Lipinski definition) is 6. The van der Waals surface area contributed by atoms with Crippen LogP contribution in [0.1, 0.15) is 76.5 Å². The lowest BCUT2D eigenvalue weighted by Crippen LogP contribution is -2.47. The minimum atomic E-state index is -1.10. The average Bonchev–Trinajstić information content (AvgIpc) is 2.89. The van der Waals surface area contributed by atoms with Gasteiger partial charge in [-0.15, -0.1) is 0 Å². The van der Waals surface area contributed by atoms with Crippen LogP contribution in [-0.2, 0) is 34.5 Å². The van der Waals surface area contributed by atoms with E-state index in [0.29, 0.717) is 22.7 Å². The third-order valence-electron chi connectivity index (χ3n) is 8.41. The van der Waals surface area contributed by atoms with E-state index in [4.69, 9.17) is 9.47 Å². The highest BCUT2D eigenvalue weighted by molar-refractivity contribution is 5.97. The third kappa shape index (κ3) is 4.94. The van der Waals surface area contributed by atoms with Crippen LogP contribution in [0.25, 0.3) is 0 Å². The zero-order chi connectivity index (χ0) is 26.2. The minimum absolute atomic E-state index is 0.123. The lowest BCUT2D eigenvalue weighted by Gasteiger charge is -2.40. The Bertz CT molecular complexity index is 1230. The van der Waals surface area contributed by atoms with Crippen LogP contribution in [0.3, 0.4) is 0 Å². The van der Waals surface area contributed by atoms with Crippen LogP contribution in [0.2, 0.25) is 0 Å². The number of pyridine rings is 1. The van der Waals surface area contributed by atoms with Gasteiger partial charge in [-0.05, 0) is 93.7 Å². The second-order valence-electron chi connectivity index (χ2n) is 10.7. The summed E-state index contributed by atoms with van der Waals surface area (Å²) >= 11 is 0. The summed E-state index contributed by atoms with van der Waals surface area (Å²) in [5, 5.41) is 14.2. The lowest BCUT2D eigenvalue weighted by atomic mass is 9.87. The predicted molar refractivity (Wildman–Crippen MR) is 142 cm³/mol. The fourth-order valence-electron chi connectivity index (χ4n) is 6.15. The normalized spacial score (nSPS) is 19.1. The molecular formula is C29H39N3O5. The molecule has 3 heterocycles. The Morgan fingerprint density at radius 2 is 1.84 bits per heavy atom. The fourth-order valence-corrected chi connectivity index (χ4v) is 6.15. The number of H-pyrrole nitrogens is 1. The summed E-state index contributed by atoms with van der Waals surface area (Å²) in [6.07, 6.45) is 5.85. The van der Waals surface area contributed by atoms with Crippen LogP contribution >= 0.6 is 0 Å². The SMILES string of the molecule is CCN(c1cc(C2(O)COC2)cc(C(=O)NCc2c3c(c(C)[nH]c2=O)CCCC3)c1C)C1CCOCC1. The van der Waals surface area contributed by atoms with Crippen molar-refractivity contribution in [2.45, 2.75) is 77.5 Å². The van der Waals surface area contributed by atoms with Gasteiger partial charge in [-0.25, -0.2) is 0 Å². The van der Waals surface area contributed by atoms with Crippen LogP contribution in [0.4, 0.5) is 5.69 Å². The number of aromatic nitrogens is 1. The Hall–Kier alpha value is -2.68. The molecule has 8 nitrogen and oxygen atoms in total. The van der Waals surface area contributed by atoms with Gasteiger partial charge in [0.05, 0.1) is 13.2 Å². The van der Waals surface area contributed by atoms with Gasteiger partial charge in [0.25, 0.3) is 11.5 Å². The monoisotopic (exact) mass is 509 g/mol. The van der Waals surface area contributed by atoms with E-state index in [1.54, 1.807) is 6.07 Å². The standard InChI is InChI=1S/C29H39N3O5/c1-4-32(21-9-11-36-12-10-21)26-14-20(29(35)16-37-17-29)13-24(18(26)2)27(33)30-15-25-23-8-6-5-7-22(23)19(3)31-28(25)34/h13-14,21,35H,4-12,15-17H2,1-3H3,(H,30,33)(H,31,34). The summed E-state index contributed by atoms with van der Waals surface area (Å²) in [6.45, 7) is 8.89. The van der Waals surface area contributed by atoms with Crippen molar-refractivity contribution in [1.82, 2.24) is 10.3 Å². The maximum absolute atomic E-state index is 13.6. The summed E-state index contributed by atoms with van der Waals surface area (Å²) < 4.78 is 10.9. The van der Waals surface area contributed by atoms with Gasteiger partial charge >= 0.3 is 0 Å². The Kier molecular flexibility index (Phi) is 7.43. The van der Waals surface area contributed by atoms with E-state index >= 15 is 0 Å². The Morgan fingerprint density at radius 1 is 1.14 bits per heavy atom. The molecule has 2 saturated heterocycles. The van der Waals surface area contributed by atoms with Gasteiger partial charge in [0.15, 0.2) is 0 Å². The van der Waals surface area contributed by atoms with Crippen LogP contribution in [0, 0.1) is 13.8 Å². The molecule has 37 heavy (non-hydrogen) atoms. The van der Waals surface area contributed by atoms with Gasteiger partial charge in [-0.1, -0.05) is 0 Å². The van der Waals surface area contributed by atoms with Crippen molar-refractivity contribution in [3.05, 3.63) is 61.6 Å². The highest BCUT2D eigenvalue weighted by atomic mass is 16.5. The van der Waals surface area contributed by atoms with Crippen molar-refractivity contribution in [2.75, 3.05) is 37.9 Å². The number of aromatic amines is 1. The molecule has 1 aliphatic carbocycles. The van der Waals surface area contributed by atoms with Gasteiger partial charge in [-0.3, -0.25) is 9.59 Å². The fraction of sp³-hybridized carbons (Fsp3) is 0.586. The number of amides is 1. The van der Waals surface area contributed by atoms with Gasteiger partial charge in [0.1, 0.15) is 5.60 Å². The van der Waals surface area contributed by atoms with Crippen molar-refractivity contribution in [2.24, 2.45) is 0 Å². The highest BCUT2D eigenvalue weighted by Crippen LogP contribution is 2.36. The quantitative estimate of drug-likeness (QED) is 0.530. The zero-order valence-corrected chi connectivity index (χ0v) is 22.2. The van der Waals surface area contributed by atoms with E-state index in [0.717, 1.165) is 80.8 Å². The third-order valence-corrected chi connectivity index (χ3v) is 8.41. The first-order valence-electron chi connectivity index (χ1n) is 13.6. The number of hydrogen-bond donors (Lipinski definition) is 3. The smallest absolute Gasteiger partial charge is 0.253 e. The van der Waals surface area contributed by atoms with Crippen molar-refractivity contribution in [3.8, 4) is 0 Å². The molecule has 1 aromatic carbocycles. The molecule has 0 bridgehead atoms. The molecule has 0 unspecified atom stereocenters. The summed E-state index contributed by atoms with van der Waals surface area (Å²) in [6, 6.07) is 4.13. The molecular weight excluding hydrogens is 470 g/mol. The van der Waals surface area contributed by atoms with E-state index < -0.39 is 5.60 Å². The van der Waals surface area contributed by atoms with E-state index in [-0.39, 0.29) is 31.2 Å². The van der Waals surface area contributed by atoms with E-state index in [2.05, 4.69) is 22.1 Å². The summed E-state index contributed by atoms with van der Waals surface area (Å²) in [5.41, 5.74) is 5.74. The van der Waals surface area contributed by atoms with Gasteiger partial charge in [0, 0.05) is 54.9 Å². The second-order valence-corrected chi connectivity index (χ2v) is 10.7. The Balaban J connectivity index is 1.48. The van der Waals surface area contributed by atoms with Crippen molar-refractivity contribution in [1.29, 1.82) is 0 Å². The largest absolute Gasteiger partial charge is 0.381 e. The number of carbonyl (C=O) groups is 1. The number of nitrogens with one attached hydrogen (secondary N) is 2. The number of ether oxygens (including phenoxy) is 2. The topological polar surface area (TPSA) is 104 Å². The molecule has 0 saturated carbocycles. The molecule has 3 aliphatic rings. The molecule has 1 amide bonds. The molecule has 0 atom stereocenters.